The van der Waals surface area contributed by atoms with E-state index in [0.29, 0.717) is 10.8 Å². The highest BCUT2D eigenvalue weighted by Gasteiger charge is 2.60. The van der Waals surface area contributed by atoms with Crippen molar-refractivity contribution >= 4 is 40.4 Å². The van der Waals surface area contributed by atoms with Crippen LogP contribution >= 0.6 is 22.6 Å². The number of nitrogens with one attached hydrogen (secondary N) is 2. The highest BCUT2D eigenvalue weighted by molar-refractivity contribution is 14.1. The van der Waals surface area contributed by atoms with Crippen LogP contribution in [-0.4, -0.2) is 33.9 Å². The van der Waals surface area contributed by atoms with Crippen LogP contribution in [0, 0.1) is 16.7 Å². The molecule has 186 valence electrons. The summed E-state index contributed by atoms with van der Waals surface area (Å²) in [6, 6.07) is 8.34. The molecule has 1 aromatic carbocycles. The van der Waals surface area contributed by atoms with Gasteiger partial charge in [0.15, 0.2) is 0 Å². The molecule has 2 rings (SSSR count). The molecule has 1 fully saturated rings. The van der Waals surface area contributed by atoms with E-state index < -0.39 is 34.5 Å². The molecular weight excluding hydrogens is 543 g/mol. The molecule has 4 atom stereocenters. The molecule has 1 aliphatic rings. The lowest BCUT2D eigenvalue weighted by Gasteiger charge is -2.34. The lowest BCUT2D eigenvalue weighted by Crippen LogP contribution is -2.57. The van der Waals surface area contributed by atoms with Crippen molar-refractivity contribution in [1.29, 1.82) is 0 Å². The van der Waals surface area contributed by atoms with E-state index in [1.807, 2.05) is 44.2 Å². The largest absolute Gasteiger partial charge is 0.460 e. The lowest BCUT2D eigenvalue weighted by atomic mass is 9.84. The van der Waals surface area contributed by atoms with Gasteiger partial charge in [-0.15, -0.1) is 13.2 Å². The number of benzene rings is 1. The molecule has 1 aliphatic carbocycles. The first-order valence-corrected chi connectivity index (χ1v) is 13.0. The van der Waals surface area contributed by atoms with Gasteiger partial charge in [0.1, 0.15) is 11.6 Å². The highest BCUT2D eigenvalue weighted by Crippen LogP contribution is 2.56. The molecule has 34 heavy (non-hydrogen) atoms. The van der Waals surface area contributed by atoms with Crippen molar-refractivity contribution in [2.24, 2.45) is 16.7 Å². The first kappa shape index (κ1) is 28.1. The van der Waals surface area contributed by atoms with Gasteiger partial charge in [-0.1, -0.05) is 78.9 Å². The second-order valence-corrected chi connectivity index (χ2v) is 11.4. The van der Waals surface area contributed by atoms with Crippen molar-refractivity contribution in [3.05, 3.63) is 61.2 Å². The molecule has 7 heteroatoms. The van der Waals surface area contributed by atoms with E-state index in [2.05, 4.69) is 46.4 Å². The average molecular weight is 581 g/mol. The number of hydrogen-bond acceptors (Lipinski definition) is 4. The quantitative estimate of drug-likeness (QED) is 0.169. The topological polar surface area (TPSA) is 84.5 Å². The van der Waals surface area contributed by atoms with Crippen LogP contribution in [0.25, 0.3) is 0 Å². The van der Waals surface area contributed by atoms with Gasteiger partial charge in [0.25, 0.3) is 0 Å². The Balaban J connectivity index is 2.25. The number of alkyl halides is 1. The summed E-state index contributed by atoms with van der Waals surface area (Å²) in [6.45, 7) is 16.9. The average Bonchev–Trinajstić information content (AvgIpc) is 3.48. The molecule has 0 aromatic heterocycles. The van der Waals surface area contributed by atoms with Crippen LogP contribution in [-0.2, 0) is 19.1 Å². The van der Waals surface area contributed by atoms with Gasteiger partial charge in [-0.25, -0.2) is 0 Å². The Morgan fingerprint density at radius 2 is 1.76 bits per heavy atom. The Bertz CT molecular complexity index is 922. The van der Waals surface area contributed by atoms with Crippen molar-refractivity contribution in [2.45, 2.75) is 65.1 Å². The van der Waals surface area contributed by atoms with Gasteiger partial charge in [0.05, 0.1) is 17.9 Å². The van der Waals surface area contributed by atoms with E-state index in [-0.39, 0.29) is 24.2 Å². The SMILES string of the molecule is C=CC1C[C@@]1(CC(=O)OC(C)(C)C)C(=O)N[C@H](C(=O)N[C@H](C=C)c1ccccc1)C(C)(C)CI. The monoisotopic (exact) mass is 580 g/mol. The van der Waals surface area contributed by atoms with Crippen molar-refractivity contribution in [3.8, 4) is 0 Å². The number of esters is 1. The van der Waals surface area contributed by atoms with E-state index in [0.717, 1.165) is 5.56 Å². The van der Waals surface area contributed by atoms with Crippen LogP contribution in [0.2, 0.25) is 0 Å². The van der Waals surface area contributed by atoms with Gasteiger partial charge in [-0.05, 0) is 38.7 Å². The number of hydrogen-bond donors (Lipinski definition) is 2. The number of ether oxygens (including phenoxy) is 1. The second-order valence-electron chi connectivity index (χ2n) is 10.6. The maximum Gasteiger partial charge on any atom is 0.307 e. The van der Waals surface area contributed by atoms with E-state index in [1.165, 1.54) is 0 Å². The van der Waals surface area contributed by atoms with Crippen LogP contribution in [0.1, 0.15) is 59.1 Å². The zero-order valence-electron chi connectivity index (χ0n) is 20.8. The maximum absolute atomic E-state index is 13.5. The van der Waals surface area contributed by atoms with Crippen LogP contribution < -0.4 is 10.6 Å². The molecule has 2 amide bonds. The normalized spacial score (nSPS) is 21.5. The van der Waals surface area contributed by atoms with E-state index in [4.69, 9.17) is 4.74 Å². The third-order valence-corrected chi connectivity index (χ3v) is 8.07. The van der Waals surface area contributed by atoms with E-state index in [9.17, 15) is 14.4 Å². The summed E-state index contributed by atoms with van der Waals surface area (Å²) in [7, 11) is 0. The molecule has 0 spiro atoms. The summed E-state index contributed by atoms with van der Waals surface area (Å²) in [6.07, 6.45) is 3.82. The Hall–Kier alpha value is -2.16. The smallest absolute Gasteiger partial charge is 0.307 e. The van der Waals surface area contributed by atoms with E-state index >= 15 is 0 Å². The molecular formula is C27H37IN2O4. The Morgan fingerprint density at radius 3 is 2.24 bits per heavy atom. The summed E-state index contributed by atoms with van der Waals surface area (Å²) in [5, 5.41) is 5.99. The van der Waals surface area contributed by atoms with Gasteiger partial charge in [0, 0.05) is 9.84 Å². The first-order chi connectivity index (χ1) is 15.8. The van der Waals surface area contributed by atoms with Gasteiger partial charge in [-0.3, -0.25) is 14.4 Å². The molecule has 0 saturated heterocycles. The summed E-state index contributed by atoms with van der Waals surface area (Å²) in [5.74, 6) is -1.20. The highest BCUT2D eigenvalue weighted by atomic mass is 127. The van der Waals surface area contributed by atoms with Crippen molar-refractivity contribution in [2.75, 3.05) is 4.43 Å². The Labute approximate surface area is 217 Å². The molecule has 6 nitrogen and oxygen atoms in total. The van der Waals surface area contributed by atoms with Crippen LogP contribution in [0.3, 0.4) is 0 Å². The summed E-state index contributed by atoms with van der Waals surface area (Å²) >= 11 is 2.22. The molecule has 1 unspecified atom stereocenters. The second kappa shape index (κ2) is 11.1. The molecule has 2 N–H and O–H groups in total. The maximum atomic E-state index is 13.5. The van der Waals surface area contributed by atoms with Gasteiger partial charge in [-0.2, -0.15) is 0 Å². The fourth-order valence-electron chi connectivity index (χ4n) is 3.97. The van der Waals surface area contributed by atoms with Crippen LogP contribution in [0.4, 0.5) is 0 Å². The zero-order chi connectivity index (χ0) is 25.7. The third-order valence-electron chi connectivity index (χ3n) is 6.11. The summed E-state index contributed by atoms with van der Waals surface area (Å²) < 4.78 is 6.10. The van der Waals surface area contributed by atoms with Gasteiger partial charge >= 0.3 is 5.97 Å². The Morgan fingerprint density at radius 1 is 1.15 bits per heavy atom. The van der Waals surface area contributed by atoms with Crippen LogP contribution in [0.5, 0.6) is 0 Å². The fourth-order valence-corrected chi connectivity index (χ4v) is 4.41. The Kier molecular flexibility index (Phi) is 9.13. The minimum atomic E-state index is -0.943. The zero-order valence-corrected chi connectivity index (χ0v) is 23.0. The number of rotatable bonds is 11. The van der Waals surface area contributed by atoms with Crippen molar-refractivity contribution in [3.63, 3.8) is 0 Å². The van der Waals surface area contributed by atoms with E-state index in [1.54, 1.807) is 32.9 Å². The van der Waals surface area contributed by atoms with Crippen molar-refractivity contribution < 1.29 is 19.1 Å². The third kappa shape index (κ3) is 6.93. The predicted molar refractivity (Wildman–Crippen MR) is 143 cm³/mol. The lowest BCUT2D eigenvalue weighted by molar-refractivity contribution is -0.158. The molecule has 1 saturated carbocycles. The first-order valence-electron chi connectivity index (χ1n) is 11.5. The minimum Gasteiger partial charge on any atom is -0.460 e. The van der Waals surface area contributed by atoms with Crippen LogP contribution in [0.15, 0.2) is 55.6 Å². The molecule has 0 heterocycles. The van der Waals surface area contributed by atoms with Crippen molar-refractivity contribution in [1.82, 2.24) is 10.6 Å². The van der Waals surface area contributed by atoms with Gasteiger partial charge in [0.2, 0.25) is 11.8 Å². The summed E-state index contributed by atoms with van der Waals surface area (Å²) in [4.78, 5) is 39.5. The number of allylic oxidation sites excluding steroid dienone is 1. The molecule has 0 bridgehead atoms. The predicted octanol–water partition coefficient (Wildman–Crippen LogP) is 4.90. The number of amides is 2. The number of carbonyl (C=O) groups is 3. The standard InChI is InChI=1S/C27H37IN2O4/c1-8-19-15-27(19,16-21(31)34-25(3,4)5)24(33)30-22(26(6,7)17-28)23(32)29-20(9-2)18-13-11-10-12-14-18/h8-14,19-20,22H,1-2,15-17H2,3-7H3,(H,29,32)(H,30,33)/t19?,20-,22-,27+/m1/s1. The minimum absolute atomic E-state index is 0.0505. The van der Waals surface area contributed by atoms with Gasteiger partial charge < -0.3 is 15.4 Å². The molecule has 0 radical (unpaired) electrons. The number of carbonyl (C=O) groups excluding carboxylic acids is 3. The molecule has 0 aliphatic heterocycles. The number of halogens is 1. The summed E-state index contributed by atoms with van der Waals surface area (Å²) in [5.41, 5.74) is -1.22. The molecule has 1 aromatic rings. The fraction of sp³-hybridized carbons (Fsp3) is 0.519.